The van der Waals surface area contributed by atoms with Gasteiger partial charge in [0, 0.05) is 18.2 Å². The number of hydrogen-bond donors (Lipinski definition) is 0. The first-order valence-electron chi connectivity index (χ1n) is 5.28. The molecule has 0 bridgehead atoms. The summed E-state index contributed by atoms with van der Waals surface area (Å²) in [5, 5.41) is 8.70. The Kier molecular flexibility index (Phi) is 4.53. The van der Waals surface area contributed by atoms with Gasteiger partial charge in [-0.25, -0.2) is 0 Å². The van der Waals surface area contributed by atoms with E-state index in [0.717, 1.165) is 32.2 Å². The zero-order valence-corrected chi connectivity index (χ0v) is 8.42. The fraction of sp³-hybridized carbons (Fsp3) is 0.818. The maximum atomic E-state index is 8.70. The summed E-state index contributed by atoms with van der Waals surface area (Å²) in [5.41, 5.74) is 1.35. The number of unbranched alkanes of at least 4 members (excludes halogenated alkanes) is 1. The molecule has 1 rings (SSSR count). The van der Waals surface area contributed by atoms with Gasteiger partial charge in [-0.3, -0.25) is 4.99 Å². The van der Waals surface area contributed by atoms with Gasteiger partial charge >= 0.3 is 0 Å². The molecular weight excluding hydrogens is 160 g/mol. The van der Waals surface area contributed by atoms with Crippen LogP contribution in [0.2, 0.25) is 0 Å². The molecule has 2 nitrogen and oxygen atoms in total. The van der Waals surface area contributed by atoms with Gasteiger partial charge in [0.15, 0.2) is 0 Å². The van der Waals surface area contributed by atoms with Crippen LogP contribution in [0.5, 0.6) is 0 Å². The van der Waals surface area contributed by atoms with Crippen LogP contribution in [0.1, 0.15) is 45.4 Å². The van der Waals surface area contributed by atoms with E-state index in [9.17, 15) is 0 Å². The van der Waals surface area contributed by atoms with Crippen molar-refractivity contribution in [1.82, 2.24) is 0 Å². The summed E-state index contributed by atoms with van der Waals surface area (Å²) in [4.78, 5) is 4.55. The number of nitriles is 1. The van der Waals surface area contributed by atoms with Gasteiger partial charge in [0.25, 0.3) is 0 Å². The molecule has 0 aliphatic heterocycles. The molecule has 72 valence electrons. The first-order chi connectivity index (χ1) is 6.36. The van der Waals surface area contributed by atoms with E-state index in [4.69, 9.17) is 5.26 Å². The first-order valence-corrected chi connectivity index (χ1v) is 5.28. The van der Waals surface area contributed by atoms with Crippen molar-refractivity contribution in [3.05, 3.63) is 0 Å². The highest BCUT2D eigenvalue weighted by atomic mass is 14.7. The van der Waals surface area contributed by atoms with Crippen LogP contribution in [0.25, 0.3) is 0 Å². The summed E-state index contributed by atoms with van der Waals surface area (Å²) in [5.74, 6) is 0.296. The molecule has 0 saturated heterocycles. The predicted octanol–water partition coefficient (Wildman–Crippen LogP) is 2.94. The van der Waals surface area contributed by atoms with Gasteiger partial charge in [0.2, 0.25) is 0 Å². The fourth-order valence-corrected chi connectivity index (χ4v) is 1.63. The molecule has 0 amide bonds. The number of rotatable bonds is 3. The van der Waals surface area contributed by atoms with E-state index >= 15 is 0 Å². The zero-order valence-electron chi connectivity index (χ0n) is 8.42. The van der Waals surface area contributed by atoms with E-state index in [-0.39, 0.29) is 0 Å². The molecule has 1 fully saturated rings. The lowest BCUT2D eigenvalue weighted by Crippen LogP contribution is -2.13. The van der Waals surface area contributed by atoms with Crippen LogP contribution in [0.15, 0.2) is 4.99 Å². The average Bonchev–Trinajstić information content (AvgIpc) is 2.19. The van der Waals surface area contributed by atoms with E-state index in [1.54, 1.807) is 0 Å². The first kappa shape index (κ1) is 10.2. The van der Waals surface area contributed by atoms with Gasteiger partial charge < -0.3 is 0 Å². The Labute approximate surface area is 80.7 Å². The molecule has 0 aromatic rings. The SMILES string of the molecule is CCCCN=C1CCC(C#N)CC1. The smallest absolute Gasteiger partial charge is 0.0656 e. The second-order valence-corrected chi connectivity index (χ2v) is 3.70. The van der Waals surface area contributed by atoms with Gasteiger partial charge in [0.1, 0.15) is 0 Å². The van der Waals surface area contributed by atoms with Gasteiger partial charge in [0.05, 0.1) is 6.07 Å². The summed E-state index contributed by atoms with van der Waals surface area (Å²) >= 11 is 0. The van der Waals surface area contributed by atoms with Gasteiger partial charge in [-0.15, -0.1) is 0 Å². The number of hydrogen-bond acceptors (Lipinski definition) is 2. The lowest BCUT2D eigenvalue weighted by Gasteiger charge is -2.17. The van der Waals surface area contributed by atoms with Crippen LogP contribution in [0.4, 0.5) is 0 Å². The second-order valence-electron chi connectivity index (χ2n) is 3.70. The lowest BCUT2D eigenvalue weighted by atomic mass is 9.89. The standard InChI is InChI=1S/C11H18N2/c1-2-3-8-13-11-6-4-10(9-12)5-7-11/h10H,2-8H2,1H3. The van der Waals surface area contributed by atoms with E-state index in [2.05, 4.69) is 18.0 Å². The van der Waals surface area contributed by atoms with E-state index in [0.29, 0.717) is 5.92 Å². The summed E-state index contributed by atoms with van der Waals surface area (Å²) < 4.78 is 0. The highest BCUT2D eigenvalue weighted by Gasteiger charge is 2.16. The van der Waals surface area contributed by atoms with E-state index in [1.165, 1.54) is 18.6 Å². The van der Waals surface area contributed by atoms with Crippen LogP contribution in [0.3, 0.4) is 0 Å². The quantitative estimate of drug-likeness (QED) is 0.612. The molecule has 1 saturated carbocycles. The molecule has 0 atom stereocenters. The topological polar surface area (TPSA) is 36.1 Å². The van der Waals surface area contributed by atoms with Crippen LogP contribution in [-0.4, -0.2) is 12.3 Å². The average molecular weight is 178 g/mol. The van der Waals surface area contributed by atoms with Gasteiger partial charge in [-0.05, 0) is 32.1 Å². The van der Waals surface area contributed by atoms with E-state index in [1.807, 2.05) is 0 Å². The number of nitrogens with zero attached hydrogens (tertiary/aromatic N) is 2. The third-order valence-corrected chi connectivity index (χ3v) is 2.59. The molecule has 0 aromatic carbocycles. The summed E-state index contributed by atoms with van der Waals surface area (Å²) in [6.07, 6.45) is 6.59. The highest BCUT2D eigenvalue weighted by Crippen LogP contribution is 2.21. The minimum atomic E-state index is 0.296. The van der Waals surface area contributed by atoms with Crippen LogP contribution < -0.4 is 0 Å². The Balaban J connectivity index is 2.24. The van der Waals surface area contributed by atoms with Crippen LogP contribution in [-0.2, 0) is 0 Å². The van der Waals surface area contributed by atoms with Crippen molar-refractivity contribution >= 4 is 5.71 Å². The molecule has 2 heteroatoms. The molecule has 13 heavy (non-hydrogen) atoms. The largest absolute Gasteiger partial charge is 0.294 e. The lowest BCUT2D eigenvalue weighted by molar-refractivity contribution is 0.543. The Morgan fingerprint density at radius 2 is 2.15 bits per heavy atom. The minimum Gasteiger partial charge on any atom is -0.294 e. The van der Waals surface area contributed by atoms with Crippen LogP contribution >= 0.6 is 0 Å². The molecule has 0 radical (unpaired) electrons. The normalized spacial score (nSPS) is 22.5. The van der Waals surface area contributed by atoms with Crippen molar-refractivity contribution in [1.29, 1.82) is 5.26 Å². The molecule has 0 N–H and O–H groups in total. The van der Waals surface area contributed by atoms with Crippen molar-refractivity contribution in [3.8, 4) is 6.07 Å². The summed E-state index contributed by atoms with van der Waals surface area (Å²) in [6.45, 7) is 3.18. The maximum Gasteiger partial charge on any atom is 0.0656 e. The molecule has 1 aliphatic rings. The fourth-order valence-electron chi connectivity index (χ4n) is 1.63. The van der Waals surface area contributed by atoms with Crippen molar-refractivity contribution in [2.75, 3.05) is 6.54 Å². The molecular formula is C11H18N2. The van der Waals surface area contributed by atoms with Crippen molar-refractivity contribution in [3.63, 3.8) is 0 Å². The number of aliphatic imine (C=N–C) groups is 1. The van der Waals surface area contributed by atoms with Gasteiger partial charge in [-0.1, -0.05) is 13.3 Å². The summed E-state index contributed by atoms with van der Waals surface area (Å²) in [6, 6.07) is 2.34. The third kappa shape index (κ3) is 3.59. The molecule has 0 unspecified atom stereocenters. The molecule has 1 aliphatic carbocycles. The van der Waals surface area contributed by atoms with Crippen molar-refractivity contribution in [2.24, 2.45) is 10.9 Å². The van der Waals surface area contributed by atoms with Crippen molar-refractivity contribution < 1.29 is 0 Å². The highest BCUT2D eigenvalue weighted by molar-refractivity contribution is 5.85. The van der Waals surface area contributed by atoms with E-state index < -0.39 is 0 Å². The van der Waals surface area contributed by atoms with Gasteiger partial charge in [-0.2, -0.15) is 5.26 Å². The Morgan fingerprint density at radius 3 is 2.69 bits per heavy atom. The zero-order chi connectivity index (χ0) is 9.52. The Morgan fingerprint density at radius 1 is 1.46 bits per heavy atom. The summed E-state index contributed by atoms with van der Waals surface area (Å²) in [7, 11) is 0. The predicted molar refractivity (Wildman–Crippen MR) is 54.8 cm³/mol. The Bertz CT molecular complexity index is 203. The van der Waals surface area contributed by atoms with Crippen LogP contribution in [0, 0.1) is 17.2 Å². The minimum absolute atomic E-state index is 0.296. The van der Waals surface area contributed by atoms with Crippen molar-refractivity contribution in [2.45, 2.75) is 45.4 Å². The maximum absolute atomic E-state index is 8.70. The molecule has 0 aromatic heterocycles. The Hall–Kier alpha value is -0.840. The molecule has 0 spiro atoms. The second kappa shape index (κ2) is 5.75. The third-order valence-electron chi connectivity index (χ3n) is 2.59. The molecule has 0 heterocycles. The monoisotopic (exact) mass is 178 g/mol.